The molecule has 94 valence electrons. The number of likely N-dealkylation sites (tertiary alicyclic amines) is 1. The summed E-state index contributed by atoms with van der Waals surface area (Å²) in [5.74, 6) is 0.729. The van der Waals surface area contributed by atoms with Gasteiger partial charge in [-0.25, -0.2) is 0 Å². The first-order valence-corrected chi connectivity index (χ1v) is 6.33. The molecule has 3 heteroatoms. The number of phenolic OH excluding ortho intramolecular Hbond substituents is 2. The fourth-order valence-corrected chi connectivity index (χ4v) is 2.60. The number of benzene rings is 1. The van der Waals surface area contributed by atoms with Crippen LogP contribution in [-0.2, 0) is 0 Å². The van der Waals surface area contributed by atoms with Gasteiger partial charge in [0.15, 0.2) is 0 Å². The molecule has 0 radical (unpaired) electrons. The molecule has 17 heavy (non-hydrogen) atoms. The van der Waals surface area contributed by atoms with Crippen LogP contribution in [0.25, 0.3) is 0 Å². The van der Waals surface area contributed by atoms with Crippen molar-refractivity contribution < 1.29 is 10.2 Å². The number of aromatic hydroxyl groups is 2. The van der Waals surface area contributed by atoms with E-state index in [9.17, 15) is 10.2 Å². The van der Waals surface area contributed by atoms with Crippen LogP contribution >= 0.6 is 0 Å². The van der Waals surface area contributed by atoms with E-state index in [1.54, 1.807) is 12.1 Å². The first kappa shape index (κ1) is 12.2. The van der Waals surface area contributed by atoms with E-state index < -0.39 is 0 Å². The third-order valence-corrected chi connectivity index (χ3v) is 3.58. The monoisotopic (exact) mass is 235 g/mol. The second kappa shape index (κ2) is 4.96. The molecule has 3 nitrogen and oxygen atoms in total. The minimum Gasteiger partial charge on any atom is -0.508 e. The summed E-state index contributed by atoms with van der Waals surface area (Å²) in [5, 5.41) is 19.1. The largest absolute Gasteiger partial charge is 0.508 e. The Morgan fingerprint density at radius 3 is 2.41 bits per heavy atom. The van der Waals surface area contributed by atoms with Gasteiger partial charge in [-0.1, -0.05) is 0 Å². The van der Waals surface area contributed by atoms with E-state index in [-0.39, 0.29) is 11.5 Å². The maximum absolute atomic E-state index is 9.53. The molecule has 0 bridgehead atoms. The number of piperidine rings is 1. The predicted octanol–water partition coefficient (Wildman–Crippen LogP) is 2.69. The van der Waals surface area contributed by atoms with Gasteiger partial charge >= 0.3 is 0 Å². The fourth-order valence-electron chi connectivity index (χ4n) is 2.60. The minimum atomic E-state index is 0.154. The molecule has 1 aliphatic heterocycles. The van der Waals surface area contributed by atoms with Crippen molar-refractivity contribution in [1.82, 2.24) is 4.90 Å². The summed E-state index contributed by atoms with van der Waals surface area (Å²) in [6.45, 7) is 6.59. The molecule has 1 aromatic carbocycles. The zero-order valence-electron chi connectivity index (χ0n) is 10.6. The second-order valence-electron chi connectivity index (χ2n) is 5.21. The normalized spacial score (nSPS) is 21.9. The number of phenols is 2. The van der Waals surface area contributed by atoms with Gasteiger partial charge in [0.1, 0.15) is 11.5 Å². The summed E-state index contributed by atoms with van der Waals surface area (Å²) in [6, 6.07) is 5.48. The molecule has 1 aliphatic rings. The lowest BCUT2D eigenvalue weighted by Crippen LogP contribution is -2.39. The highest BCUT2D eigenvalue weighted by Crippen LogP contribution is 2.32. The van der Waals surface area contributed by atoms with Gasteiger partial charge in [0.2, 0.25) is 0 Å². The van der Waals surface area contributed by atoms with Gasteiger partial charge in [0, 0.05) is 18.7 Å². The highest BCUT2D eigenvalue weighted by molar-refractivity contribution is 5.38. The molecule has 1 atom stereocenters. The number of hydrogen-bond acceptors (Lipinski definition) is 3. The summed E-state index contributed by atoms with van der Waals surface area (Å²) < 4.78 is 0. The van der Waals surface area contributed by atoms with Gasteiger partial charge in [0.25, 0.3) is 0 Å². The lowest BCUT2D eigenvalue weighted by Gasteiger charge is -2.35. The standard InChI is InChI=1S/C14H21NO2/c1-10(2)15-5-3-4-11(9-15)12-6-13(16)8-14(17)7-12/h6-8,10-11,16-17H,3-5,9H2,1-2H3. The van der Waals surface area contributed by atoms with Crippen LogP contribution in [0, 0.1) is 0 Å². The van der Waals surface area contributed by atoms with Gasteiger partial charge in [0.05, 0.1) is 0 Å². The Hall–Kier alpha value is -1.22. The zero-order chi connectivity index (χ0) is 12.4. The van der Waals surface area contributed by atoms with Crippen LogP contribution in [0.1, 0.15) is 38.2 Å². The number of rotatable bonds is 2. The molecule has 0 saturated carbocycles. The third-order valence-electron chi connectivity index (χ3n) is 3.58. The maximum atomic E-state index is 9.53. The average Bonchev–Trinajstić information content (AvgIpc) is 2.28. The number of hydrogen-bond donors (Lipinski definition) is 2. The average molecular weight is 235 g/mol. The van der Waals surface area contributed by atoms with Crippen molar-refractivity contribution in [2.45, 2.75) is 38.6 Å². The van der Waals surface area contributed by atoms with Crippen molar-refractivity contribution in [3.63, 3.8) is 0 Å². The summed E-state index contributed by atoms with van der Waals surface area (Å²) >= 11 is 0. The summed E-state index contributed by atoms with van der Waals surface area (Å²) in [5.41, 5.74) is 1.05. The molecular formula is C14H21NO2. The molecule has 1 heterocycles. The molecule has 2 N–H and O–H groups in total. The first-order valence-electron chi connectivity index (χ1n) is 6.33. The van der Waals surface area contributed by atoms with Crippen molar-refractivity contribution in [3.8, 4) is 11.5 Å². The molecule has 0 aromatic heterocycles. The predicted molar refractivity (Wildman–Crippen MR) is 68.5 cm³/mol. The van der Waals surface area contributed by atoms with Gasteiger partial charge in [-0.2, -0.15) is 0 Å². The van der Waals surface area contributed by atoms with Crippen molar-refractivity contribution >= 4 is 0 Å². The van der Waals surface area contributed by atoms with Gasteiger partial charge in [-0.3, -0.25) is 0 Å². The van der Waals surface area contributed by atoms with E-state index in [2.05, 4.69) is 18.7 Å². The SMILES string of the molecule is CC(C)N1CCCC(c2cc(O)cc(O)c2)C1. The van der Waals surface area contributed by atoms with Crippen LogP contribution in [0.5, 0.6) is 11.5 Å². The molecule has 0 amide bonds. The van der Waals surface area contributed by atoms with Crippen molar-refractivity contribution in [2.75, 3.05) is 13.1 Å². The van der Waals surface area contributed by atoms with Crippen molar-refractivity contribution in [1.29, 1.82) is 0 Å². The third kappa shape index (κ3) is 2.91. The Morgan fingerprint density at radius 2 is 1.82 bits per heavy atom. The Labute approximate surface area is 103 Å². The van der Waals surface area contributed by atoms with E-state index in [4.69, 9.17) is 0 Å². The topological polar surface area (TPSA) is 43.7 Å². The minimum absolute atomic E-state index is 0.154. The molecule has 0 spiro atoms. The van der Waals surface area contributed by atoms with Crippen LogP contribution < -0.4 is 0 Å². The molecule has 1 fully saturated rings. The van der Waals surface area contributed by atoms with E-state index in [0.29, 0.717) is 12.0 Å². The Morgan fingerprint density at radius 1 is 1.18 bits per heavy atom. The first-order chi connectivity index (χ1) is 8.06. The second-order valence-corrected chi connectivity index (χ2v) is 5.21. The highest BCUT2D eigenvalue weighted by Gasteiger charge is 2.23. The fraction of sp³-hybridized carbons (Fsp3) is 0.571. The lowest BCUT2D eigenvalue weighted by atomic mass is 9.90. The lowest BCUT2D eigenvalue weighted by molar-refractivity contribution is 0.167. The van der Waals surface area contributed by atoms with Gasteiger partial charge in [-0.05, 0) is 56.8 Å². The summed E-state index contributed by atoms with van der Waals surface area (Å²) in [4.78, 5) is 2.45. The molecule has 0 aliphatic carbocycles. The quantitative estimate of drug-likeness (QED) is 0.828. The summed E-state index contributed by atoms with van der Waals surface area (Å²) in [6.07, 6.45) is 2.31. The molecule has 1 saturated heterocycles. The Kier molecular flexibility index (Phi) is 3.57. The molecule has 1 unspecified atom stereocenters. The van der Waals surface area contributed by atoms with E-state index in [1.165, 1.54) is 12.5 Å². The van der Waals surface area contributed by atoms with Gasteiger partial charge < -0.3 is 15.1 Å². The van der Waals surface area contributed by atoms with Crippen LogP contribution in [-0.4, -0.2) is 34.2 Å². The Bertz CT molecular complexity index is 370. The Balaban J connectivity index is 2.16. The molecule has 1 aromatic rings. The number of nitrogens with zero attached hydrogens (tertiary/aromatic N) is 1. The van der Waals surface area contributed by atoms with Gasteiger partial charge in [-0.15, -0.1) is 0 Å². The van der Waals surface area contributed by atoms with E-state index in [1.807, 2.05) is 0 Å². The van der Waals surface area contributed by atoms with Crippen LogP contribution in [0.4, 0.5) is 0 Å². The molecular weight excluding hydrogens is 214 g/mol. The van der Waals surface area contributed by atoms with E-state index in [0.717, 1.165) is 25.1 Å². The van der Waals surface area contributed by atoms with Crippen LogP contribution in [0.15, 0.2) is 18.2 Å². The van der Waals surface area contributed by atoms with Crippen molar-refractivity contribution in [2.24, 2.45) is 0 Å². The maximum Gasteiger partial charge on any atom is 0.119 e. The van der Waals surface area contributed by atoms with Crippen LogP contribution in [0.3, 0.4) is 0 Å². The van der Waals surface area contributed by atoms with Crippen LogP contribution in [0.2, 0.25) is 0 Å². The smallest absolute Gasteiger partial charge is 0.119 e. The summed E-state index contributed by atoms with van der Waals surface area (Å²) in [7, 11) is 0. The zero-order valence-corrected chi connectivity index (χ0v) is 10.6. The highest BCUT2D eigenvalue weighted by atomic mass is 16.3. The van der Waals surface area contributed by atoms with E-state index >= 15 is 0 Å². The van der Waals surface area contributed by atoms with Crippen molar-refractivity contribution in [3.05, 3.63) is 23.8 Å². The molecule has 2 rings (SSSR count).